The first kappa shape index (κ1) is 5.22. The molecule has 0 unspecified atom stereocenters. The van der Waals surface area contributed by atoms with E-state index in [9.17, 15) is 0 Å². The van der Waals surface area contributed by atoms with Crippen LogP contribution in [0.25, 0.3) is 11.0 Å². The molecular weight excluding hydrogens is 130 g/mol. The highest BCUT2D eigenvalue weighted by molar-refractivity contribution is 5.76. The minimum Gasteiger partial charge on any atom is -0.301 e. The van der Waals surface area contributed by atoms with Crippen molar-refractivity contribution in [2.24, 2.45) is 0 Å². The van der Waals surface area contributed by atoms with E-state index in [4.69, 9.17) is 5.73 Å². The van der Waals surface area contributed by atoms with Crippen molar-refractivity contribution in [2.45, 2.75) is 0 Å². The maximum Gasteiger partial charge on any atom is 0.137 e. The van der Waals surface area contributed by atoms with Gasteiger partial charge in [-0.05, 0) is 28.5 Å². The molecule has 1 N–H and O–H groups in total. The van der Waals surface area contributed by atoms with Crippen LogP contribution in [0.15, 0.2) is 22.8 Å². The second-order valence-electron chi connectivity index (χ2n) is 1.97. The van der Waals surface area contributed by atoms with Crippen LogP contribution in [0.3, 0.4) is 0 Å². The molecule has 0 amide bonds. The first-order valence-corrected chi connectivity index (χ1v) is 2.80. The van der Waals surface area contributed by atoms with Crippen molar-refractivity contribution < 1.29 is 4.63 Å². The SMILES string of the molecule is [NH]c1ccc2nonc2c1. The van der Waals surface area contributed by atoms with E-state index < -0.39 is 0 Å². The third-order valence-corrected chi connectivity index (χ3v) is 1.25. The molecule has 49 valence electrons. The van der Waals surface area contributed by atoms with Gasteiger partial charge in [0.05, 0.1) is 5.69 Å². The molecule has 2 aromatic rings. The van der Waals surface area contributed by atoms with Crippen molar-refractivity contribution in [2.75, 3.05) is 0 Å². The Balaban J connectivity index is 2.86. The summed E-state index contributed by atoms with van der Waals surface area (Å²) in [6.45, 7) is 0. The molecule has 4 nitrogen and oxygen atoms in total. The van der Waals surface area contributed by atoms with Crippen molar-refractivity contribution >= 4 is 16.7 Å². The summed E-state index contributed by atoms with van der Waals surface area (Å²) in [6, 6.07) is 4.95. The zero-order chi connectivity index (χ0) is 6.97. The van der Waals surface area contributed by atoms with Crippen LogP contribution in [0.4, 0.5) is 5.69 Å². The van der Waals surface area contributed by atoms with E-state index in [1.807, 2.05) is 0 Å². The fraction of sp³-hybridized carbons (Fsp3) is 0. The molecule has 0 aliphatic heterocycles. The summed E-state index contributed by atoms with van der Waals surface area (Å²) in [6.07, 6.45) is 0. The average Bonchev–Trinajstić information content (AvgIpc) is 2.33. The summed E-state index contributed by atoms with van der Waals surface area (Å²) in [5, 5.41) is 7.16. The molecule has 1 radical (unpaired) electrons. The minimum atomic E-state index is 0.420. The second kappa shape index (κ2) is 1.70. The van der Waals surface area contributed by atoms with Gasteiger partial charge in [-0.3, -0.25) is 0 Å². The lowest BCUT2D eigenvalue weighted by Crippen LogP contribution is -1.70. The van der Waals surface area contributed by atoms with Crippen molar-refractivity contribution in [3.8, 4) is 0 Å². The van der Waals surface area contributed by atoms with Gasteiger partial charge in [0, 0.05) is 0 Å². The second-order valence-corrected chi connectivity index (χ2v) is 1.97. The van der Waals surface area contributed by atoms with Crippen LogP contribution in [-0.4, -0.2) is 10.3 Å². The Kier molecular flexibility index (Phi) is 0.887. The summed E-state index contributed by atoms with van der Waals surface area (Å²) in [7, 11) is 0. The van der Waals surface area contributed by atoms with E-state index >= 15 is 0 Å². The van der Waals surface area contributed by atoms with Gasteiger partial charge in [0.2, 0.25) is 0 Å². The lowest BCUT2D eigenvalue weighted by molar-refractivity contribution is 0.315. The number of rotatable bonds is 0. The van der Waals surface area contributed by atoms with Crippen molar-refractivity contribution in [3.05, 3.63) is 18.2 Å². The standard InChI is InChI=1S/C6H4N3O/c7-4-1-2-5-6(3-4)9-10-8-5/h1-3,7H. The molecule has 0 saturated heterocycles. The molecule has 1 aromatic carbocycles. The third-order valence-electron chi connectivity index (χ3n) is 1.25. The molecule has 4 heteroatoms. The van der Waals surface area contributed by atoms with Gasteiger partial charge < -0.3 is 5.73 Å². The predicted octanol–water partition coefficient (Wildman–Crippen LogP) is 1.14. The van der Waals surface area contributed by atoms with Crippen LogP contribution >= 0.6 is 0 Å². The smallest absolute Gasteiger partial charge is 0.137 e. The van der Waals surface area contributed by atoms with Gasteiger partial charge in [-0.25, -0.2) is 4.63 Å². The molecule has 0 fully saturated rings. The molecule has 0 aliphatic rings. The summed E-state index contributed by atoms with van der Waals surface area (Å²) in [5.41, 5.74) is 8.95. The molecule has 0 atom stereocenters. The summed E-state index contributed by atoms with van der Waals surface area (Å²) in [4.78, 5) is 0. The molecular formula is C6H4N3O. The number of hydrogen-bond acceptors (Lipinski definition) is 3. The monoisotopic (exact) mass is 134 g/mol. The number of fused-ring (bicyclic) bond motifs is 1. The Hall–Kier alpha value is -1.58. The van der Waals surface area contributed by atoms with Gasteiger partial charge in [-0.15, -0.1) is 0 Å². The Labute approximate surface area is 56.6 Å². The van der Waals surface area contributed by atoms with Gasteiger partial charge in [0.25, 0.3) is 0 Å². The van der Waals surface area contributed by atoms with E-state index in [0.717, 1.165) is 0 Å². The number of hydrogen-bond donors (Lipinski definition) is 0. The van der Waals surface area contributed by atoms with Crippen molar-refractivity contribution in [1.29, 1.82) is 0 Å². The van der Waals surface area contributed by atoms with Crippen LogP contribution in [-0.2, 0) is 0 Å². The number of nitrogens with one attached hydrogen (secondary N) is 1. The highest BCUT2D eigenvalue weighted by Gasteiger charge is 1.97. The average molecular weight is 134 g/mol. The van der Waals surface area contributed by atoms with E-state index in [0.29, 0.717) is 16.7 Å². The largest absolute Gasteiger partial charge is 0.301 e. The minimum absolute atomic E-state index is 0.420. The topological polar surface area (TPSA) is 62.7 Å². The van der Waals surface area contributed by atoms with Crippen LogP contribution < -0.4 is 5.73 Å². The zero-order valence-electron chi connectivity index (χ0n) is 5.03. The van der Waals surface area contributed by atoms with Gasteiger partial charge >= 0.3 is 0 Å². The summed E-state index contributed by atoms with van der Waals surface area (Å²) < 4.78 is 4.44. The predicted molar refractivity (Wildman–Crippen MR) is 34.6 cm³/mol. The summed E-state index contributed by atoms with van der Waals surface area (Å²) in [5.74, 6) is 0. The molecule has 1 heterocycles. The van der Waals surface area contributed by atoms with Crippen molar-refractivity contribution in [3.63, 3.8) is 0 Å². The number of aromatic nitrogens is 2. The van der Waals surface area contributed by atoms with E-state index in [1.165, 1.54) is 0 Å². The third kappa shape index (κ3) is 0.621. The maximum absolute atomic E-state index is 7.21. The number of nitrogens with zero attached hydrogens (tertiary/aromatic N) is 2. The molecule has 0 spiro atoms. The first-order valence-electron chi connectivity index (χ1n) is 2.80. The fourth-order valence-corrected chi connectivity index (χ4v) is 0.782. The van der Waals surface area contributed by atoms with Crippen LogP contribution in [0.2, 0.25) is 0 Å². The van der Waals surface area contributed by atoms with Gasteiger partial charge in [-0.2, -0.15) is 0 Å². The molecule has 1 aromatic heterocycles. The highest BCUT2D eigenvalue weighted by Crippen LogP contribution is 2.12. The van der Waals surface area contributed by atoms with E-state index in [-0.39, 0.29) is 0 Å². The quantitative estimate of drug-likeness (QED) is 0.542. The lowest BCUT2D eigenvalue weighted by Gasteiger charge is -1.84. The molecule has 0 saturated carbocycles. The Bertz CT molecular complexity index is 355. The lowest BCUT2D eigenvalue weighted by atomic mass is 10.3. The fourth-order valence-electron chi connectivity index (χ4n) is 0.782. The molecule has 0 aliphatic carbocycles. The number of benzene rings is 1. The van der Waals surface area contributed by atoms with Crippen LogP contribution in [0.1, 0.15) is 0 Å². The Morgan fingerprint density at radius 3 is 2.90 bits per heavy atom. The van der Waals surface area contributed by atoms with Crippen LogP contribution in [0, 0.1) is 0 Å². The van der Waals surface area contributed by atoms with E-state index in [1.54, 1.807) is 18.2 Å². The molecule has 0 bridgehead atoms. The van der Waals surface area contributed by atoms with Gasteiger partial charge in [-0.1, -0.05) is 0 Å². The molecule has 10 heavy (non-hydrogen) atoms. The zero-order valence-corrected chi connectivity index (χ0v) is 5.03. The van der Waals surface area contributed by atoms with Crippen LogP contribution in [0.5, 0.6) is 0 Å². The van der Waals surface area contributed by atoms with Gasteiger partial charge in [0.1, 0.15) is 11.0 Å². The van der Waals surface area contributed by atoms with Crippen molar-refractivity contribution in [1.82, 2.24) is 16.0 Å². The Morgan fingerprint density at radius 1 is 1.20 bits per heavy atom. The summed E-state index contributed by atoms with van der Waals surface area (Å²) >= 11 is 0. The van der Waals surface area contributed by atoms with E-state index in [2.05, 4.69) is 14.9 Å². The first-order chi connectivity index (χ1) is 4.86. The normalized spacial score (nSPS) is 10.4. The van der Waals surface area contributed by atoms with Gasteiger partial charge in [0.15, 0.2) is 0 Å². The highest BCUT2D eigenvalue weighted by atomic mass is 16.6. The molecule has 2 rings (SSSR count). The Morgan fingerprint density at radius 2 is 2.00 bits per heavy atom. The maximum atomic E-state index is 7.21.